The number of amides is 2. The van der Waals surface area contributed by atoms with Crippen LogP contribution in [0.3, 0.4) is 0 Å². The number of rotatable bonds is 5. The van der Waals surface area contributed by atoms with Crippen molar-refractivity contribution in [2.75, 3.05) is 17.1 Å². The first-order valence-electron chi connectivity index (χ1n) is 12.3. The van der Waals surface area contributed by atoms with Gasteiger partial charge in [-0.2, -0.15) is 0 Å². The highest BCUT2D eigenvalue weighted by Gasteiger charge is 2.61. The number of carbonyl (C=O) groups excluding carboxylic acids is 3. The number of non-ortho nitro benzene ring substituents is 1. The van der Waals surface area contributed by atoms with Crippen molar-refractivity contribution < 1.29 is 28.9 Å². The molecule has 0 N–H and O–H groups in total. The van der Waals surface area contributed by atoms with Crippen molar-refractivity contribution in [3.05, 3.63) is 86.3 Å². The fraction of sp³-hybridized carbons (Fsp3) is 0.296. The summed E-state index contributed by atoms with van der Waals surface area (Å²) in [6.45, 7) is 0. The van der Waals surface area contributed by atoms with Crippen molar-refractivity contribution in [3.8, 4) is 0 Å². The zero-order valence-electron chi connectivity index (χ0n) is 20.4. The van der Waals surface area contributed by atoms with Crippen LogP contribution in [-0.2, 0) is 32.0 Å². The van der Waals surface area contributed by atoms with Crippen LogP contribution in [0.25, 0.3) is 0 Å². The summed E-state index contributed by atoms with van der Waals surface area (Å²) in [6.07, 6.45) is 2.22. The Labute approximate surface area is 221 Å². The van der Waals surface area contributed by atoms with Crippen molar-refractivity contribution >= 4 is 45.5 Å². The zero-order chi connectivity index (χ0) is 26.6. The summed E-state index contributed by atoms with van der Waals surface area (Å²) >= 11 is 1.29. The number of carbonyl (C=O) groups is 3. The second-order valence-electron chi connectivity index (χ2n) is 9.40. The van der Waals surface area contributed by atoms with Crippen LogP contribution in [0.5, 0.6) is 0 Å². The molecule has 1 aliphatic carbocycles. The number of para-hydroxylation sites is 1. The molecule has 3 heterocycles. The molecule has 2 aliphatic heterocycles. The monoisotopic (exact) mass is 533 g/mol. The number of aryl methyl sites for hydroxylation is 1. The number of hydrogen-bond donors (Lipinski definition) is 0. The molecule has 1 aromatic heterocycles. The predicted octanol–water partition coefficient (Wildman–Crippen LogP) is 4.37. The number of ether oxygens (including phenoxy) is 1. The van der Waals surface area contributed by atoms with Crippen molar-refractivity contribution in [2.45, 2.75) is 37.8 Å². The van der Waals surface area contributed by atoms with Gasteiger partial charge in [0, 0.05) is 17.0 Å². The van der Waals surface area contributed by atoms with Crippen molar-refractivity contribution in [2.24, 2.45) is 5.92 Å². The predicted molar refractivity (Wildman–Crippen MR) is 138 cm³/mol. The topological polar surface area (TPSA) is 119 Å². The van der Waals surface area contributed by atoms with Gasteiger partial charge in [0.05, 0.1) is 29.3 Å². The molecule has 38 heavy (non-hydrogen) atoms. The molecule has 3 atom stereocenters. The highest BCUT2D eigenvalue weighted by atomic mass is 32.1. The van der Waals surface area contributed by atoms with Gasteiger partial charge in [-0.15, -0.1) is 11.3 Å². The second-order valence-corrected chi connectivity index (χ2v) is 10.5. The van der Waals surface area contributed by atoms with E-state index in [1.54, 1.807) is 24.3 Å². The van der Waals surface area contributed by atoms with E-state index in [-0.39, 0.29) is 16.3 Å². The number of methoxy groups -OCH3 is 1. The summed E-state index contributed by atoms with van der Waals surface area (Å²) in [5.41, 5.74) is 2.27. The van der Waals surface area contributed by atoms with Crippen LogP contribution in [0, 0.1) is 16.0 Å². The van der Waals surface area contributed by atoms with E-state index in [2.05, 4.69) is 0 Å². The molecule has 0 bridgehead atoms. The Bertz CT molecular complexity index is 1450. The Kier molecular flexibility index (Phi) is 5.96. The third-order valence-electron chi connectivity index (χ3n) is 7.32. The molecule has 2 amide bonds. The lowest BCUT2D eigenvalue weighted by Crippen LogP contribution is -2.37. The molecular weight excluding hydrogens is 510 g/mol. The molecule has 0 unspecified atom stereocenters. The van der Waals surface area contributed by atoms with Crippen LogP contribution < -0.4 is 9.96 Å². The molecular formula is C27H23N3O7S. The van der Waals surface area contributed by atoms with Gasteiger partial charge in [0.25, 0.3) is 11.6 Å². The van der Waals surface area contributed by atoms with Gasteiger partial charge in [-0.25, -0.2) is 14.8 Å². The highest BCUT2D eigenvalue weighted by molar-refractivity contribution is 7.17. The van der Waals surface area contributed by atoms with E-state index in [0.717, 1.165) is 34.6 Å². The number of nitro groups is 1. The summed E-state index contributed by atoms with van der Waals surface area (Å²) in [5.74, 6) is -2.52. The molecule has 2 fully saturated rings. The van der Waals surface area contributed by atoms with E-state index in [1.165, 1.54) is 35.6 Å². The van der Waals surface area contributed by atoms with Crippen LogP contribution in [0.15, 0.2) is 54.6 Å². The lowest BCUT2D eigenvalue weighted by molar-refractivity contribution is -0.384. The molecule has 0 saturated carbocycles. The SMILES string of the molecule is COC(=O)c1c(N2C(=O)[C@H]3[C@@H](ON(c4ccccc4)[C@H]3c3ccc([N+](=O)[O-])cc3)C2=O)sc2c1CCCC2. The van der Waals surface area contributed by atoms with Gasteiger partial charge in [-0.3, -0.25) is 24.5 Å². The van der Waals surface area contributed by atoms with Crippen molar-refractivity contribution in [3.63, 3.8) is 0 Å². The third kappa shape index (κ3) is 3.69. The first kappa shape index (κ1) is 24.3. The minimum absolute atomic E-state index is 0.0854. The van der Waals surface area contributed by atoms with Gasteiger partial charge in [-0.05, 0) is 48.9 Å². The fourth-order valence-electron chi connectivity index (χ4n) is 5.57. The molecule has 194 valence electrons. The fourth-order valence-corrected chi connectivity index (χ4v) is 6.95. The van der Waals surface area contributed by atoms with Crippen LogP contribution in [0.1, 0.15) is 45.2 Å². The van der Waals surface area contributed by atoms with Gasteiger partial charge in [0.2, 0.25) is 5.91 Å². The summed E-state index contributed by atoms with van der Waals surface area (Å²) in [4.78, 5) is 59.6. The molecule has 10 nitrogen and oxygen atoms in total. The minimum atomic E-state index is -1.12. The van der Waals surface area contributed by atoms with Crippen molar-refractivity contribution in [1.29, 1.82) is 0 Å². The first-order valence-corrected chi connectivity index (χ1v) is 13.1. The lowest BCUT2D eigenvalue weighted by atomic mass is 9.90. The van der Waals surface area contributed by atoms with E-state index < -0.39 is 40.8 Å². The number of thiophene rings is 1. The summed E-state index contributed by atoms with van der Waals surface area (Å²) < 4.78 is 5.05. The normalized spacial score (nSPS) is 22.4. The van der Waals surface area contributed by atoms with Gasteiger partial charge in [-0.1, -0.05) is 30.3 Å². The number of hydrogen-bond acceptors (Lipinski definition) is 9. The summed E-state index contributed by atoms with van der Waals surface area (Å²) in [6, 6.07) is 14.2. The lowest BCUT2D eigenvalue weighted by Gasteiger charge is -2.28. The maximum absolute atomic E-state index is 14.1. The van der Waals surface area contributed by atoms with Gasteiger partial charge >= 0.3 is 5.97 Å². The Morgan fingerprint density at radius 1 is 1.05 bits per heavy atom. The maximum Gasteiger partial charge on any atom is 0.341 e. The number of benzene rings is 2. The smallest absolute Gasteiger partial charge is 0.341 e. The molecule has 3 aromatic rings. The van der Waals surface area contributed by atoms with Crippen LogP contribution in [0.4, 0.5) is 16.4 Å². The van der Waals surface area contributed by atoms with Crippen molar-refractivity contribution in [1.82, 2.24) is 0 Å². The molecule has 3 aliphatic rings. The number of esters is 1. The Morgan fingerprint density at radius 2 is 1.76 bits per heavy atom. The average molecular weight is 534 g/mol. The van der Waals surface area contributed by atoms with Crippen LogP contribution in [-0.4, -0.2) is 35.9 Å². The number of hydroxylamine groups is 1. The minimum Gasteiger partial charge on any atom is -0.465 e. The number of nitro benzene ring substituents is 1. The summed E-state index contributed by atoms with van der Waals surface area (Å²) in [5, 5.41) is 13.0. The molecule has 11 heteroatoms. The third-order valence-corrected chi connectivity index (χ3v) is 8.59. The standard InChI is InChI=1S/C27H23N3O7S/c1-36-27(33)20-18-9-5-6-10-19(18)38-26(20)28-24(31)21-22(15-11-13-17(14-12-15)30(34)35)29(37-23(21)25(28)32)16-7-3-2-4-8-16/h2-4,7-8,11-14,21-23H,5-6,9-10H2,1H3/t21-,22+,23-/m1/s1. The van der Waals surface area contributed by atoms with Crippen LogP contribution in [0.2, 0.25) is 0 Å². The van der Waals surface area contributed by atoms with E-state index in [1.807, 2.05) is 18.2 Å². The van der Waals surface area contributed by atoms with Gasteiger partial charge in [0.15, 0.2) is 6.10 Å². The number of fused-ring (bicyclic) bond motifs is 2. The van der Waals surface area contributed by atoms with Gasteiger partial charge in [0.1, 0.15) is 10.9 Å². The van der Waals surface area contributed by atoms with E-state index in [9.17, 15) is 24.5 Å². The first-order chi connectivity index (χ1) is 18.4. The Morgan fingerprint density at radius 3 is 2.45 bits per heavy atom. The molecule has 2 aromatic carbocycles. The van der Waals surface area contributed by atoms with E-state index in [4.69, 9.17) is 9.57 Å². The van der Waals surface area contributed by atoms with E-state index >= 15 is 0 Å². The largest absolute Gasteiger partial charge is 0.465 e. The number of nitrogens with zero attached hydrogens (tertiary/aromatic N) is 3. The number of anilines is 2. The second kappa shape index (κ2) is 9.34. The quantitative estimate of drug-likeness (QED) is 0.205. The van der Waals surface area contributed by atoms with E-state index in [0.29, 0.717) is 17.7 Å². The number of imide groups is 1. The molecule has 6 rings (SSSR count). The van der Waals surface area contributed by atoms with Gasteiger partial charge < -0.3 is 4.74 Å². The average Bonchev–Trinajstić information content (AvgIpc) is 3.59. The Balaban J connectivity index is 1.44. The molecule has 0 radical (unpaired) electrons. The zero-order valence-corrected chi connectivity index (χ0v) is 21.2. The Hall–Kier alpha value is -4.09. The molecule has 2 saturated heterocycles. The highest BCUT2D eigenvalue weighted by Crippen LogP contribution is 2.50. The molecule has 0 spiro atoms. The maximum atomic E-state index is 14.1. The van der Waals surface area contributed by atoms with Crippen LogP contribution >= 0.6 is 11.3 Å². The summed E-state index contributed by atoms with van der Waals surface area (Å²) in [7, 11) is 1.28.